The molecule has 0 aromatic carbocycles. The van der Waals surface area contributed by atoms with E-state index in [9.17, 15) is 4.79 Å². The second kappa shape index (κ2) is 11.8. The second-order valence-corrected chi connectivity index (χ2v) is 10.9. The molecule has 1 atom stereocenters. The first-order valence-corrected chi connectivity index (χ1v) is 13.9. The van der Waals surface area contributed by atoms with Crippen molar-refractivity contribution in [2.75, 3.05) is 58.7 Å². The van der Waals surface area contributed by atoms with Gasteiger partial charge in [-0.15, -0.1) is 0 Å². The average Bonchev–Trinajstić information content (AvgIpc) is 3.57. The summed E-state index contributed by atoms with van der Waals surface area (Å²) >= 11 is 0. The second-order valence-electron chi connectivity index (χ2n) is 10.9. The van der Waals surface area contributed by atoms with Crippen LogP contribution in [0.5, 0.6) is 0 Å². The van der Waals surface area contributed by atoms with Crippen molar-refractivity contribution >= 4 is 23.3 Å². The molecule has 10 heteroatoms. The lowest BCUT2D eigenvalue weighted by molar-refractivity contribution is 0.00576. The van der Waals surface area contributed by atoms with E-state index in [4.69, 9.17) is 15.6 Å². The Morgan fingerprint density at radius 3 is 2.58 bits per heavy atom. The molecule has 2 aliphatic heterocycles. The van der Waals surface area contributed by atoms with Crippen molar-refractivity contribution in [1.82, 2.24) is 25.0 Å². The number of pyridine rings is 1. The molecule has 1 saturated carbocycles. The van der Waals surface area contributed by atoms with Gasteiger partial charge in [0.2, 0.25) is 0 Å². The van der Waals surface area contributed by atoms with Crippen LogP contribution in [0.15, 0.2) is 24.0 Å². The van der Waals surface area contributed by atoms with E-state index < -0.39 is 0 Å². The average molecular weight is 525 g/mol. The third-order valence-corrected chi connectivity index (χ3v) is 8.40. The Balaban J connectivity index is 1.52. The first-order valence-electron chi connectivity index (χ1n) is 13.9. The van der Waals surface area contributed by atoms with Crippen LogP contribution >= 0.6 is 0 Å². The highest BCUT2D eigenvalue weighted by atomic mass is 16.5. The number of amidine groups is 1. The van der Waals surface area contributed by atoms with Crippen LogP contribution in [0.4, 0.5) is 10.5 Å². The molecule has 0 radical (unpaired) electrons. The summed E-state index contributed by atoms with van der Waals surface area (Å²) in [5.41, 5.74) is 2.50. The number of urea groups is 1. The summed E-state index contributed by atoms with van der Waals surface area (Å²) in [6.07, 6.45) is 7.69. The molecule has 1 unspecified atom stereocenters. The number of nitrogens with zero attached hydrogens (tertiary/aromatic N) is 4. The summed E-state index contributed by atoms with van der Waals surface area (Å²) in [6.45, 7) is 10.9. The van der Waals surface area contributed by atoms with Crippen LogP contribution in [0, 0.1) is 16.7 Å². The summed E-state index contributed by atoms with van der Waals surface area (Å²) in [4.78, 5) is 24.0. The van der Waals surface area contributed by atoms with Gasteiger partial charge in [0.1, 0.15) is 11.5 Å². The fourth-order valence-corrected chi connectivity index (χ4v) is 5.57. The number of aromatic nitrogens is 1. The van der Waals surface area contributed by atoms with Gasteiger partial charge in [0.15, 0.2) is 0 Å². The molecule has 3 aliphatic rings. The monoisotopic (exact) mass is 524 g/mol. The van der Waals surface area contributed by atoms with Crippen LogP contribution < -0.4 is 10.6 Å². The van der Waals surface area contributed by atoms with Crippen LogP contribution in [0.2, 0.25) is 0 Å². The summed E-state index contributed by atoms with van der Waals surface area (Å²) in [6, 6.07) is 1.68. The van der Waals surface area contributed by atoms with E-state index in [2.05, 4.69) is 34.5 Å². The lowest BCUT2D eigenvalue weighted by Crippen LogP contribution is -2.54. The molecule has 0 spiro atoms. The standard InChI is InChI=1S/C28H44N8O2/c1-6-22(33-27(37)36(8-3)28(7-2)10-11-28)25(29)24-13-23(31-14-19-9-12-34(4)16-19)21(15-32-24)26(30)35-17-20(18-35)38-5/h6,13,15,19-20,29-30H,7-12,14,16-18H2,1-5H3,(H,31,32)(H,33,37)/b22-6+,29-25?,30-26?. The van der Waals surface area contributed by atoms with E-state index in [0.29, 0.717) is 48.3 Å². The van der Waals surface area contributed by atoms with Gasteiger partial charge in [-0.1, -0.05) is 13.0 Å². The number of nitrogens with one attached hydrogen (secondary N) is 4. The summed E-state index contributed by atoms with van der Waals surface area (Å²) in [7, 11) is 3.84. The van der Waals surface area contributed by atoms with Gasteiger partial charge in [-0.25, -0.2) is 4.79 Å². The van der Waals surface area contributed by atoms with Gasteiger partial charge in [0.25, 0.3) is 0 Å². The maximum absolute atomic E-state index is 13.2. The van der Waals surface area contributed by atoms with Crippen molar-refractivity contribution in [2.24, 2.45) is 5.92 Å². The van der Waals surface area contributed by atoms with Crippen molar-refractivity contribution in [3.05, 3.63) is 35.3 Å². The number of allylic oxidation sites excluding steroid dienone is 2. The lowest BCUT2D eigenvalue weighted by atomic mass is 10.0. The number of carbonyl (C=O) groups excluding carboxylic acids is 1. The SMILES string of the molecule is C/C=C(/NC(=O)N(CC)C1(CC)CC1)C(=N)c1cc(NCC2CCN(C)C2)c(C(=N)N2CC(OC)C2)cn1. The predicted octanol–water partition coefficient (Wildman–Crippen LogP) is 3.35. The minimum atomic E-state index is -0.169. The van der Waals surface area contributed by atoms with Crippen LogP contribution in [-0.2, 0) is 4.74 Å². The fraction of sp³-hybridized carbons (Fsp3) is 0.643. The molecule has 3 fully saturated rings. The molecule has 1 aromatic heterocycles. The highest BCUT2D eigenvalue weighted by molar-refractivity contribution is 6.12. The number of methoxy groups -OCH3 is 1. The molecule has 4 rings (SSSR count). The van der Waals surface area contributed by atoms with Crippen LogP contribution in [0.25, 0.3) is 0 Å². The minimum absolute atomic E-state index is 0.0514. The van der Waals surface area contributed by atoms with Crippen molar-refractivity contribution in [1.29, 1.82) is 10.8 Å². The molecular weight excluding hydrogens is 480 g/mol. The first-order chi connectivity index (χ1) is 18.2. The Labute approximate surface area is 226 Å². The van der Waals surface area contributed by atoms with Crippen LogP contribution in [0.3, 0.4) is 0 Å². The van der Waals surface area contributed by atoms with E-state index >= 15 is 0 Å². The van der Waals surface area contributed by atoms with Crippen LogP contribution in [-0.4, -0.2) is 102 Å². The number of hydrogen-bond acceptors (Lipinski definition) is 7. The normalized spacial score (nSPS) is 21.1. The number of carbonyl (C=O) groups is 1. The number of ether oxygens (including phenoxy) is 1. The topological polar surface area (TPSA) is 121 Å². The maximum atomic E-state index is 13.2. The molecule has 208 valence electrons. The van der Waals surface area contributed by atoms with E-state index in [1.807, 2.05) is 29.7 Å². The number of hydrogen-bond donors (Lipinski definition) is 4. The maximum Gasteiger partial charge on any atom is 0.322 e. The molecule has 2 saturated heterocycles. The molecular formula is C28H44N8O2. The van der Waals surface area contributed by atoms with Crippen LogP contribution in [0.1, 0.15) is 57.7 Å². The van der Waals surface area contributed by atoms with Gasteiger partial charge >= 0.3 is 6.03 Å². The Kier molecular flexibility index (Phi) is 8.72. The van der Waals surface area contributed by atoms with E-state index in [1.165, 1.54) is 0 Å². The van der Waals surface area contributed by atoms with Gasteiger partial charge in [0.05, 0.1) is 23.1 Å². The molecule has 38 heavy (non-hydrogen) atoms. The number of likely N-dealkylation sites (tertiary alicyclic amines) is 2. The third kappa shape index (κ3) is 5.86. The van der Waals surface area contributed by atoms with Gasteiger partial charge in [-0.05, 0) is 65.1 Å². The Bertz CT molecular complexity index is 1080. The number of rotatable bonds is 11. The fourth-order valence-electron chi connectivity index (χ4n) is 5.57. The van der Waals surface area contributed by atoms with Crippen molar-refractivity contribution in [3.8, 4) is 0 Å². The van der Waals surface area contributed by atoms with Crippen molar-refractivity contribution in [3.63, 3.8) is 0 Å². The van der Waals surface area contributed by atoms with Gasteiger partial charge < -0.3 is 30.1 Å². The van der Waals surface area contributed by atoms with Gasteiger partial charge in [-0.3, -0.25) is 15.8 Å². The highest BCUT2D eigenvalue weighted by Crippen LogP contribution is 2.44. The zero-order valence-electron chi connectivity index (χ0n) is 23.6. The Hall–Kier alpha value is -2.98. The zero-order valence-corrected chi connectivity index (χ0v) is 23.6. The highest BCUT2D eigenvalue weighted by Gasteiger charge is 2.48. The number of amides is 2. The Morgan fingerprint density at radius 2 is 2.03 bits per heavy atom. The molecule has 3 heterocycles. The molecule has 0 bridgehead atoms. The zero-order chi connectivity index (χ0) is 27.4. The minimum Gasteiger partial charge on any atom is -0.384 e. The summed E-state index contributed by atoms with van der Waals surface area (Å²) < 4.78 is 5.39. The first kappa shape index (κ1) is 28.0. The van der Waals surface area contributed by atoms with Gasteiger partial charge in [-0.2, -0.15) is 0 Å². The molecule has 4 N–H and O–H groups in total. The smallest absolute Gasteiger partial charge is 0.322 e. The van der Waals surface area contributed by atoms with Crippen molar-refractivity contribution < 1.29 is 9.53 Å². The van der Waals surface area contributed by atoms with E-state index in [-0.39, 0.29) is 23.4 Å². The quantitative estimate of drug-likeness (QED) is 0.260. The lowest BCUT2D eigenvalue weighted by Gasteiger charge is -2.40. The molecule has 1 aromatic rings. The molecule has 10 nitrogen and oxygen atoms in total. The van der Waals surface area contributed by atoms with E-state index in [0.717, 1.165) is 51.0 Å². The third-order valence-electron chi connectivity index (χ3n) is 8.40. The number of anilines is 1. The van der Waals surface area contributed by atoms with E-state index in [1.54, 1.807) is 19.4 Å². The molecule has 1 aliphatic carbocycles. The summed E-state index contributed by atoms with van der Waals surface area (Å²) in [5, 5.41) is 24.2. The van der Waals surface area contributed by atoms with Gasteiger partial charge in [0, 0.05) is 57.3 Å². The largest absolute Gasteiger partial charge is 0.384 e. The Morgan fingerprint density at radius 1 is 1.29 bits per heavy atom. The summed E-state index contributed by atoms with van der Waals surface area (Å²) in [5.74, 6) is 0.932. The predicted molar refractivity (Wildman–Crippen MR) is 151 cm³/mol. The van der Waals surface area contributed by atoms with Crippen molar-refractivity contribution in [2.45, 2.75) is 58.1 Å². The molecule has 2 amide bonds.